The van der Waals surface area contributed by atoms with Gasteiger partial charge >= 0.3 is 17.8 Å². The van der Waals surface area contributed by atoms with Gasteiger partial charge in [-0.2, -0.15) is 0 Å². The fourth-order valence-electron chi connectivity index (χ4n) is 2.23. The quantitative estimate of drug-likeness (QED) is 0.482. The van der Waals surface area contributed by atoms with Crippen molar-refractivity contribution in [3.63, 3.8) is 0 Å². The fourth-order valence-corrected chi connectivity index (χ4v) is 2.23. The van der Waals surface area contributed by atoms with Crippen LogP contribution < -0.4 is 0 Å². The predicted molar refractivity (Wildman–Crippen MR) is 76.9 cm³/mol. The summed E-state index contributed by atoms with van der Waals surface area (Å²) in [6.45, 7) is 3.55. The molecule has 21 heavy (non-hydrogen) atoms. The number of carbonyl (C=O) groups is 3. The molecule has 1 aliphatic rings. The lowest BCUT2D eigenvalue weighted by Crippen LogP contribution is -2.35. The molecule has 0 saturated carbocycles. The van der Waals surface area contributed by atoms with E-state index in [1.807, 2.05) is 30.3 Å². The van der Waals surface area contributed by atoms with Crippen molar-refractivity contribution in [3.05, 3.63) is 35.9 Å². The second-order valence-corrected chi connectivity index (χ2v) is 4.68. The van der Waals surface area contributed by atoms with Gasteiger partial charge in [-0.25, -0.2) is 9.69 Å². The number of hydrogen-bond acceptors (Lipinski definition) is 3. The molecule has 0 unspecified atom stereocenters. The van der Waals surface area contributed by atoms with Crippen LogP contribution in [0, 0.1) is 11.8 Å². The Bertz CT molecular complexity index is 628. The predicted octanol–water partition coefficient (Wildman–Crippen LogP) is 1.95. The second kappa shape index (κ2) is 6.23. The van der Waals surface area contributed by atoms with E-state index in [1.54, 1.807) is 13.8 Å². The Morgan fingerprint density at radius 3 is 2.38 bits per heavy atom. The van der Waals surface area contributed by atoms with Crippen molar-refractivity contribution >= 4 is 17.8 Å². The molecule has 1 atom stereocenters. The van der Waals surface area contributed by atoms with Gasteiger partial charge in [-0.05, 0) is 19.4 Å². The summed E-state index contributed by atoms with van der Waals surface area (Å²) in [4.78, 5) is 38.2. The Balaban J connectivity index is 2.20. The van der Waals surface area contributed by atoms with Gasteiger partial charge in [-0.1, -0.05) is 30.3 Å². The summed E-state index contributed by atoms with van der Waals surface area (Å²) in [7, 11) is 0. The number of hydrogen-bond donors (Lipinski definition) is 0. The monoisotopic (exact) mass is 284 g/mol. The highest BCUT2D eigenvalue weighted by atomic mass is 16.2. The number of imide groups is 2. The highest BCUT2D eigenvalue weighted by Crippen LogP contribution is 2.26. The number of nitrogens with zero attached hydrogens (tertiary/aromatic N) is 2. The first-order chi connectivity index (χ1) is 10.1. The summed E-state index contributed by atoms with van der Waals surface area (Å²) in [6, 6.07) is 8.10. The van der Waals surface area contributed by atoms with Crippen LogP contribution in [0.5, 0.6) is 0 Å². The lowest BCUT2D eigenvalue weighted by molar-refractivity contribution is -0.143. The van der Waals surface area contributed by atoms with Crippen molar-refractivity contribution in [1.29, 1.82) is 0 Å². The van der Waals surface area contributed by atoms with Crippen molar-refractivity contribution in [1.82, 2.24) is 9.80 Å². The number of amides is 4. The van der Waals surface area contributed by atoms with Crippen LogP contribution >= 0.6 is 0 Å². The first-order valence-corrected chi connectivity index (χ1v) is 6.71. The highest BCUT2D eigenvalue weighted by Gasteiger charge is 2.46. The molecule has 0 aromatic heterocycles. The van der Waals surface area contributed by atoms with E-state index in [0.717, 1.165) is 15.4 Å². The Labute approximate surface area is 123 Å². The number of urea groups is 1. The molecule has 108 valence electrons. The van der Waals surface area contributed by atoms with E-state index in [-0.39, 0.29) is 6.54 Å². The molecule has 0 aliphatic carbocycles. The van der Waals surface area contributed by atoms with Gasteiger partial charge in [-0.3, -0.25) is 14.5 Å². The molecular formula is C16H16N2O3. The van der Waals surface area contributed by atoms with Gasteiger partial charge in [0.2, 0.25) is 0 Å². The topological polar surface area (TPSA) is 57.7 Å². The van der Waals surface area contributed by atoms with Gasteiger partial charge in [0, 0.05) is 13.0 Å². The summed E-state index contributed by atoms with van der Waals surface area (Å²) in [5, 5.41) is 0. The Hall–Kier alpha value is -2.61. The lowest BCUT2D eigenvalue weighted by atomic mass is 10.1. The number of rotatable bonds is 4. The van der Waals surface area contributed by atoms with E-state index >= 15 is 0 Å². The van der Waals surface area contributed by atoms with Crippen LogP contribution in [0.25, 0.3) is 0 Å². The maximum atomic E-state index is 12.3. The van der Waals surface area contributed by atoms with Crippen LogP contribution in [0.2, 0.25) is 0 Å². The van der Waals surface area contributed by atoms with Crippen LogP contribution in [0.3, 0.4) is 0 Å². The van der Waals surface area contributed by atoms with Gasteiger partial charge in [0.25, 0.3) is 0 Å². The van der Waals surface area contributed by atoms with E-state index in [0.29, 0.717) is 6.42 Å². The third kappa shape index (κ3) is 2.79. The largest absolute Gasteiger partial charge is 0.334 e. The molecule has 5 heteroatoms. The van der Waals surface area contributed by atoms with Gasteiger partial charge in [-0.15, -0.1) is 11.8 Å². The van der Waals surface area contributed by atoms with Gasteiger partial charge < -0.3 is 0 Å². The zero-order chi connectivity index (χ0) is 15.4. The summed E-state index contributed by atoms with van der Waals surface area (Å²) < 4.78 is 0. The standard InChI is InChI=1S/C16H16N2O3/c1-3-4-8-11-17-14(19)15(20)18(16(17)21)12(2)13-9-6-5-7-10-13/h5-7,9-10,12H,8,11H2,1-2H3/t12-/m0/s1. The summed E-state index contributed by atoms with van der Waals surface area (Å²) in [6.07, 6.45) is 0.370. The average Bonchev–Trinajstić information content (AvgIpc) is 2.71. The van der Waals surface area contributed by atoms with Crippen molar-refractivity contribution < 1.29 is 14.4 Å². The van der Waals surface area contributed by atoms with Crippen LogP contribution in [-0.2, 0) is 9.59 Å². The normalized spacial score (nSPS) is 16.0. The second-order valence-electron chi connectivity index (χ2n) is 4.68. The van der Waals surface area contributed by atoms with E-state index in [9.17, 15) is 14.4 Å². The molecule has 0 bridgehead atoms. The van der Waals surface area contributed by atoms with E-state index in [2.05, 4.69) is 11.8 Å². The average molecular weight is 284 g/mol. The molecule has 0 spiro atoms. The third-order valence-electron chi connectivity index (χ3n) is 3.39. The zero-order valence-corrected chi connectivity index (χ0v) is 12.0. The van der Waals surface area contributed by atoms with Crippen LogP contribution in [0.1, 0.15) is 31.9 Å². The fraction of sp³-hybridized carbons (Fsp3) is 0.312. The minimum Gasteiger partial charge on any atom is -0.263 e. The molecule has 4 amide bonds. The first kappa shape index (κ1) is 14.8. The smallest absolute Gasteiger partial charge is 0.263 e. The number of carbonyl (C=O) groups excluding carboxylic acids is 3. The molecule has 1 aliphatic heterocycles. The molecule has 0 N–H and O–H groups in total. The SMILES string of the molecule is CC#CCCN1C(=O)C(=O)N([C@@H](C)c2ccccc2)C1=O. The van der Waals surface area contributed by atoms with E-state index in [1.165, 1.54) is 0 Å². The Morgan fingerprint density at radius 2 is 1.76 bits per heavy atom. The van der Waals surface area contributed by atoms with Gasteiger partial charge in [0.1, 0.15) is 0 Å². The highest BCUT2D eigenvalue weighted by molar-refractivity contribution is 6.44. The van der Waals surface area contributed by atoms with E-state index < -0.39 is 23.9 Å². The summed E-state index contributed by atoms with van der Waals surface area (Å²) >= 11 is 0. The molecule has 5 nitrogen and oxygen atoms in total. The summed E-state index contributed by atoms with van der Waals surface area (Å²) in [5.41, 5.74) is 0.808. The molecule has 2 rings (SSSR count). The maximum Gasteiger partial charge on any atom is 0.334 e. The van der Waals surface area contributed by atoms with Crippen LogP contribution in [0.4, 0.5) is 4.79 Å². The molecule has 1 heterocycles. The summed E-state index contributed by atoms with van der Waals surface area (Å²) in [5.74, 6) is 3.92. The zero-order valence-electron chi connectivity index (χ0n) is 12.0. The Kier molecular flexibility index (Phi) is 4.39. The van der Waals surface area contributed by atoms with Crippen LogP contribution in [-0.4, -0.2) is 34.2 Å². The van der Waals surface area contributed by atoms with Crippen molar-refractivity contribution in [2.24, 2.45) is 0 Å². The third-order valence-corrected chi connectivity index (χ3v) is 3.39. The first-order valence-electron chi connectivity index (χ1n) is 6.71. The molecular weight excluding hydrogens is 268 g/mol. The minimum atomic E-state index is -0.777. The van der Waals surface area contributed by atoms with E-state index in [4.69, 9.17) is 0 Å². The van der Waals surface area contributed by atoms with Crippen molar-refractivity contribution in [2.45, 2.75) is 26.3 Å². The van der Waals surface area contributed by atoms with Crippen LogP contribution in [0.15, 0.2) is 30.3 Å². The molecule has 1 aromatic carbocycles. The molecule has 1 saturated heterocycles. The minimum absolute atomic E-state index is 0.141. The van der Waals surface area contributed by atoms with Crippen molar-refractivity contribution in [2.75, 3.05) is 6.54 Å². The van der Waals surface area contributed by atoms with Gasteiger partial charge in [0.05, 0.1) is 6.04 Å². The number of benzene rings is 1. The molecule has 1 fully saturated rings. The Morgan fingerprint density at radius 1 is 1.10 bits per heavy atom. The van der Waals surface area contributed by atoms with Gasteiger partial charge in [0.15, 0.2) is 0 Å². The maximum absolute atomic E-state index is 12.3. The molecule has 0 radical (unpaired) electrons. The lowest BCUT2D eigenvalue weighted by Gasteiger charge is -2.22. The van der Waals surface area contributed by atoms with Crippen molar-refractivity contribution in [3.8, 4) is 11.8 Å². The molecule has 1 aromatic rings.